The van der Waals surface area contributed by atoms with E-state index >= 15 is 0 Å². The molecule has 2 fully saturated rings. The van der Waals surface area contributed by atoms with Gasteiger partial charge in [-0.05, 0) is 54.8 Å². The molecule has 1 aliphatic carbocycles. The first-order valence-electron chi connectivity index (χ1n) is 9.58. The highest BCUT2D eigenvalue weighted by Crippen LogP contribution is 2.57. The van der Waals surface area contributed by atoms with E-state index in [9.17, 15) is 5.11 Å². The minimum absolute atomic E-state index is 0.129. The lowest BCUT2D eigenvalue weighted by Gasteiger charge is -2.33. The van der Waals surface area contributed by atoms with E-state index in [-0.39, 0.29) is 5.75 Å². The molecule has 28 heavy (non-hydrogen) atoms. The molecule has 1 saturated heterocycles. The molecule has 2 N–H and O–H groups in total. The second kappa shape index (κ2) is 6.53. The maximum absolute atomic E-state index is 10.4. The zero-order chi connectivity index (χ0) is 19.1. The number of piperidine rings is 1. The Morgan fingerprint density at radius 3 is 2.86 bits per heavy atom. The number of phenolic OH excluding ortho intramolecular Hbond substituents is 1. The van der Waals surface area contributed by atoms with Crippen molar-refractivity contribution in [1.29, 1.82) is 0 Å². The van der Waals surface area contributed by atoms with Gasteiger partial charge < -0.3 is 15.0 Å². The molecule has 0 amide bonds. The quantitative estimate of drug-likeness (QED) is 0.730. The van der Waals surface area contributed by atoms with Gasteiger partial charge in [-0.1, -0.05) is 6.58 Å². The van der Waals surface area contributed by atoms with Crippen molar-refractivity contribution in [2.24, 2.45) is 11.3 Å². The van der Waals surface area contributed by atoms with Crippen molar-refractivity contribution in [3.05, 3.63) is 55.5 Å². The summed E-state index contributed by atoms with van der Waals surface area (Å²) in [7, 11) is 0. The van der Waals surface area contributed by atoms with Gasteiger partial charge >= 0.3 is 0 Å². The molecular formula is C21H22N6O. The first-order valence-corrected chi connectivity index (χ1v) is 9.58. The Hall–Kier alpha value is -3.06. The van der Waals surface area contributed by atoms with Gasteiger partial charge in [-0.2, -0.15) is 0 Å². The van der Waals surface area contributed by atoms with Crippen LogP contribution in [-0.2, 0) is 0 Å². The van der Waals surface area contributed by atoms with Crippen molar-refractivity contribution >= 4 is 5.57 Å². The van der Waals surface area contributed by atoms with Gasteiger partial charge in [0.2, 0.25) is 0 Å². The zero-order valence-electron chi connectivity index (χ0n) is 15.5. The lowest BCUT2D eigenvalue weighted by Crippen LogP contribution is -2.38. The van der Waals surface area contributed by atoms with Crippen LogP contribution in [0.15, 0.2) is 49.7 Å². The predicted molar refractivity (Wildman–Crippen MR) is 106 cm³/mol. The average Bonchev–Trinajstić information content (AvgIpc) is 3.27. The van der Waals surface area contributed by atoms with E-state index in [1.165, 1.54) is 12.8 Å². The van der Waals surface area contributed by atoms with Crippen LogP contribution < -0.4 is 5.32 Å². The van der Waals surface area contributed by atoms with Crippen LogP contribution in [0.2, 0.25) is 0 Å². The lowest BCUT2D eigenvalue weighted by atomic mass is 9.78. The summed E-state index contributed by atoms with van der Waals surface area (Å²) >= 11 is 0. The zero-order valence-corrected chi connectivity index (χ0v) is 15.5. The Labute approximate surface area is 163 Å². The van der Waals surface area contributed by atoms with Crippen LogP contribution in [0.1, 0.15) is 25.1 Å². The topological polar surface area (TPSA) is 88.8 Å². The van der Waals surface area contributed by atoms with Crippen molar-refractivity contribution in [1.82, 2.24) is 30.0 Å². The molecule has 1 spiro atoms. The average molecular weight is 374 g/mol. The second-order valence-electron chi connectivity index (χ2n) is 7.74. The van der Waals surface area contributed by atoms with E-state index in [1.54, 1.807) is 24.8 Å². The molecule has 1 saturated carbocycles. The van der Waals surface area contributed by atoms with Gasteiger partial charge in [0.05, 0.1) is 18.2 Å². The van der Waals surface area contributed by atoms with Crippen molar-refractivity contribution in [3.8, 4) is 22.7 Å². The van der Waals surface area contributed by atoms with Crippen LogP contribution in [0, 0.1) is 11.3 Å². The minimum Gasteiger partial charge on any atom is -0.507 e. The number of imidazole rings is 1. The number of hydrogen-bond donors (Lipinski definition) is 2. The Kier molecular flexibility index (Phi) is 3.98. The molecule has 1 atom stereocenters. The van der Waals surface area contributed by atoms with Crippen LogP contribution in [0.25, 0.3) is 22.5 Å². The number of benzene rings is 1. The highest BCUT2D eigenvalue weighted by atomic mass is 16.3. The Balaban J connectivity index is 1.39. The molecule has 7 heteroatoms. The van der Waals surface area contributed by atoms with E-state index in [4.69, 9.17) is 0 Å². The molecular weight excluding hydrogens is 352 g/mol. The third-order valence-electron chi connectivity index (χ3n) is 6.05. The van der Waals surface area contributed by atoms with Gasteiger partial charge in [0.15, 0.2) is 5.82 Å². The maximum atomic E-state index is 10.4. The molecule has 142 valence electrons. The first-order chi connectivity index (χ1) is 13.7. The number of nitrogens with one attached hydrogen (secondary N) is 1. The summed E-state index contributed by atoms with van der Waals surface area (Å²) in [6.45, 7) is 6.36. The Bertz CT molecular complexity index is 1010. The number of nitrogens with zero attached hydrogens (tertiary/aromatic N) is 5. The summed E-state index contributed by atoms with van der Waals surface area (Å²) in [6.07, 6.45) is 10.4. The summed E-state index contributed by atoms with van der Waals surface area (Å²) in [5.74, 6) is 1.16. The maximum Gasteiger partial charge on any atom is 0.177 e. The van der Waals surface area contributed by atoms with Crippen molar-refractivity contribution in [2.45, 2.75) is 19.3 Å². The Morgan fingerprint density at radius 2 is 2.18 bits per heavy atom. The van der Waals surface area contributed by atoms with Crippen molar-refractivity contribution < 1.29 is 5.11 Å². The fraction of sp³-hybridized carbons (Fsp3) is 0.333. The normalized spacial score (nSPS) is 20.2. The molecule has 3 heterocycles. The summed E-state index contributed by atoms with van der Waals surface area (Å²) in [5.41, 5.74) is 3.29. The van der Waals surface area contributed by atoms with Gasteiger partial charge in [-0.15, -0.1) is 10.2 Å². The third kappa shape index (κ3) is 2.88. The molecule has 0 bridgehead atoms. The van der Waals surface area contributed by atoms with Crippen LogP contribution in [0.4, 0.5) is 0 Å². The van der Waals surface area contributed by atoms with Gasteiger partial charge in [0.25, 0.3) is 0 Å². The van der Waals surface area contributed by atoms with Gasteiger partial charge in [0.1, 0.15) is 11.4 Å². The second-order valence-corrected chi connectivity index (χ2v) is 7.74. The van der Waals surface area contributed by atoms with Gasteiger partial charge in [-0.25, -0.2) is 9.97 Å². The predicted octanol–water partition coefficient (Wildman–Crippen LogP) is 2.83. The van der Waals surface area contributed by atoms with E-state index in [1.807, 2.05) is 22.9 Å². The summed E-state index contributed by atoms with van der Waals surface area (Å²) in [5, 5.41) is 22.6. The van der Waals surface area contributed by atoms with Crippen LogP contribution in [0.3, 0.4) is 0 Å². The standard InChI is InChI=1S/C21H22N6O/c1-14(17-4-7-22-12-21(17)5-6-21)20-24-11-18(25-26-20)16-3-2-15(10-19(16)28)27-9-8-23-13-27/h2-3,8-11,13,17,22,28H,1,4-7,12H2/t17-/m0/s1. The third-order valence-corrected chi connectivity index (χ3v) is 6.05. The number of hydrogen-bond acceptors (Lipinski definition) is 6. The van der Waals surface area contributed by atoms with E-state index in [0.717, 1.165) is 30.8 Å². The molecule has 7 nitrogen and oxygen atoms in total. The molecule has 3 aromatic rings. The molecule has 5 rings (SSSR count). The number of aromatic hydroxyl groups is 1. The number of allylic oxidation sites excluding steroid dienone is 1. The highest BCUT2D eigenvalue weighted by molar-refractivity contribution is 5.68. The molecule has 1 aliphatic heterocycles. The fourth-order valence-corrected chi connectivity index (χ4v) is 4.25. The molecule has 0 radical (unpaired) electrons. The van der Waals surface area contributed by atoms with E-state index in [2.05, 4.69) is 32.1 Å². The fourth-order valence-electron chi connectivity index (χ4n) is 4.25. The van der Waals surface area contributed by atoms with Crippen molar-refractivity contribution in [3.63, 3.8) is 0 Å². The van der Waals surface area contributed by atoms with Crippen LogP contribution in [0.5, 0.6) is 5.75 Å². The molecule has 2 aromatic heterocycles. The number of phenols is 1. The summed E-state index contributed by atoms with van der Waals surface area (Å²) in [6, 6.07) is 5.39. The van der Waals surface area contributed by atoms with Crippen LogP contribution >= 0.6 is 0 Å². The largest absolute Gasteiger partial charge is 0.507 e. The number of rotatable bonds is 4. The van der Waals surface area contributed by atoms with Crippen LogP contribution in [-0.4, -0.2) is 42.9 Å². The smallest absolute Gasteiger partial charge is 0.177 e. The Morgan fingerprint density at radius 1 is 1.29 bits per heavy atom. The highest BCUT2D eigenvalue weighted by Gasteiger charge is 2.51. The summed E-state index contributed by atoms with van der Waals surface area (Å²) < 4.78 is 1.83. The lowest BCUT2D eigenvalue weighted by molar-refractivity contribution is 0.288. The summed E-state index contributed by atoms with van der Waals surface area (Å²) in [4.78, 5) is 8.54. The van der Waals surface area contributed by atoms with Gasteiger partial charge in [0, 0.05) is 30.6 Å². The first kappa shape index (κ1) is 17.1. The van der Waals surface area contributed by atoms with E-state index in [0.29, 0.717) is 28.4 Å². The minimum atomic E-state index is 0.129. The molecule has 1 aromatic carbocycles. The number of aromatic nitrogens is 5. The van der Waals surface area contributed by atoms with Gasteiger partial charge in [-0.3, -0.25) is 0 Å². The SMILES string of the molecule is C=C(c1ncc(-c2ccc(-n3ccnc3)cc2O)nn1)[C@@H]1CCNCC12CC2. The monoisotopic (exact) mass is 374 g/mol. The molecule has 2 aliphatic rings. The van der Waals surface area contributed by atoms with E-state index < -0.39 is 0 Å². The van der Waals surface area contributed by atoms with Crippen molar-refractivity contribution in [2.75, 3.05) is 13.1 Å². The molecule has 0 unspecified atom stereocenters.